The third kappa shape index (κ3) is 1.67. The van der Waals surface area contributed by atoms with E-state index < -0.39 is 0 Å². The van der Waals surface area contributed by atoms with Crippen molar-refractivity contribution < 1.29 is 9.18 Å². The highest BCUT2D eigenvalue weighted by molar-refractivity contribution is 9.10. The van der Waals surface area contributed by atoms with E-state index in [-0.39, 0.29) is 11.6 Å². The number of hydrogen-bond acceptors (Lipinski definition) is 1. The molecule has 0 aliphatic carbocycles. The van der Waals surface area contributed by atoms with Crippen LogP contribution in [-0.4, -0.2) is 5.78 Å². The molecule has 3 heteroatoms. The van der Waals surface area contributed by atoms with Gasteiger partial charge in [-0.05, 0) is 34.3 Å². The summed E-state index contributed by atoms with van der Waals surface area (Å²) >= 11 is 3.33. The van der Waals surface area contributed by atoms with Crippen molar-refractivity contribution in [3.8, 4) is 0 Å². The lowest BCUT2D eigenvalue weighted by atomic mass is 10.0. The number of Topliss-reactive ketones (excluding diaryl/α,β-unsaturated/α-hetero) is 1. The van der Waals surface area contributed by atoms with Gasteiger partial charge in [0.15, 0.2) is 5.78 Å². The minimum atomic E-state index is -0.362. The molecule has 0 aromatic heterocycles. The second kappa shape index (κ2) is 3.74. The number of carbonyl (C=O) groups is 1. The number of carbonyl (C=O) groups excluding carboxylic acids is 1. The molecule has 0 saturated carbocycles. The summed E-state index contributed by atoms with van der Waals surface area (Å²) in [4.78, 5) is 11.3. The van der Waals surface area contributed by atoms with Crippen molar-refractivity contribution in [2.75, 3.05) is 0 Å². The van der Waals surface area contributed by atoms with Gasteiger partial charge in [-0.1, -0.05) is 24.3 Å². The maximum Gasteiger partial charge on any atom is 0.161 e. The van der Waals surface area contributed by atoms with Crippen LogP contribution in [0.25, 0.3) is 10.8 Å². The molecular formula is C12H8BrFO. The van der Waals surface area contributed by atoms with Gasteiger partial charge in [0.1, 0.15) is 5.82 Å². The van der Waals surface area contributed by atoms with E-state index in [1.807, 2.05) is 6.07 Å². The first-order chi connectivity index (χ1) is 7.11. The fourth-order valence-corrected chi connectivity index (χ4v) is 2.29. The molecule has 0 aliphatic heterocycles. The van der Waals surface area contributed by atoms with Gasteiger partial charge in [0, 0.05) is 15.4 Å². The van der Waals surface area contributed by atoms with Crippen molar-refractivity contribution in [1.29, 1.82) is 0 Å². The van der Waals surface area contributed by atoms with Crippen LogP contribution in [0.1, 0.15) is 17.3 Å². The minimum Gasteiger partial charge on any atom is -0.294 e. The van der Waals surface area contributed by atoms with Crippen LogP contribution in [0.2, 0.25) is 0 Å². The summed E-state index contributed by atoms with van der Waals surface area (Å²) < 4.78 is 14.3. The number of rotatable bonds is 1. The van der Waals surface area contributed by atoms with Gasteiger partial charge in [-0.3, -0.25) is 4.79 Å². The molecule has 2 rings (SSSR count). The van der Waals surface area contributed by atoms with Crippen LogP contribution in [-0.2, 0) is 0 Å². The number of fused-ring (bicyclic) bond motifs is 1. The summed E-state index contributed by atoms with van der Waals surface area (Å²) in [6, 6.07) is 8.34. The van der Waals surface area contributed by atoms with Gasteiger partial charge in [-0.25, -0.2) is 4.39 Å². The van der Waals surface area contributed by atoms with Crippen LogP contribution in [0, 0.1) is 5.82 Å². The van der Waals surface area contributed by atoms with E-state index in [1.165, 1.54) is 13.0 Å². The Kier molecular flexibility index (Phi) is 2.57. The molecule has 2 aromatic carbocycles. The molecule has 0 atom stereocenters. The van der Waals surface area contributed by atoms with Crippen LogP contribution in [0.3, 0.4) is 0 Å². The van der Waals surface area contributed by atoms with E-state index in [2.05, 4.69) is 15.9 Å². The number of halogens is 2. The Balaban J connectivity index is 2.90. The molecular weight excluding hydrogens is 259 g/mol. The molecule has 0 aliphatic rings. The largest absolute Gasteiger partial charge is 0.294 e. The standard InChI is InChI=1S/C12H8BrFO/c1-7(15)10-6-11(14)8-4-2-3-5-9(8)12(10)13/h2-6H,1H3. The molecule has 1 nitrogen and oxygen atoms in total. The van der Waals surface area contributed by atoms with Gasteiger partial charge in [0.05, 0.1) is 0 Å². The lowest BCUT2D eigenvalue weighted by Gasteiger charge is -2.06. The SMILES string of the molecule is CC(=O)c1cc(F)c2ccccc2c1Br. The van der Waals surface area contributed by atoms with Gasteiger partial charge in [-0.2, -0.15) is 0 Å². The highest BCUT2D eigenvalue weighted by atomic mass is 79.9. The number of ketones is 1. The zero-order chi connectivity index (χ0) is 11.0. The fourth-order valence-electron chi connectivity index (χ4n) is 1.55. The van der Waals surface area contributed by atoms with E-state index in [0.29, 0.717) is 15.4 Å². The summed E-state index contributed by atoms with van der Waals surface area (Å²) in [6.45, 7) is 1.42. The molecule has 0 spiro atoms. The molecule has 15 heavy (non-hydrogen) atoms. The third-order valence-corrected chi connectivity index (χ3v) is 3.16. The maximum atomic E-state index is 13.6. The van der Waals surface area contributed by atoms with Gasteiger partial charge < -0.3 is 0 Å². The summed E-state index contributed by atoms with van der Waals surface area (Å²) in [5.41, 5.74) is 0.381. The molecule has 76 valence electrons. The van der Waals surface area contributed by atoms with E-state index in [9.17, 15) is 9.18 Å². The summed E-state index contributed by atoms with van der Waals surface area (Å²) in [5.74, 6) is -0.509. The molecule has 0 fully saturated rings. The Morgan fingerprint density at radius 1 is 1.27 bits per heavy atom. The van der Waals surface area contributed by atoms with Crippen molar-refractivity contribution in [3.05, 3.63) is 46.2 Å². The van der Waals surface area contributed by atoms with Crippen molar-refractivity contribution in [2.45, 2.75) is 6.92 Å². The molecule has 0 radical (unpaired) electrons. The predicted octanol–water partition coefficient (Wildman–Crippen LogP) is 3.94. The molecule has 0 N–H and O–H groups in total. The smallest absolute Gasteiger partial charge is 0.161 e. The minimum absolute atomic E-state index is 0.147. The van der Waals surface area contributed by atoms with Crippen LogP contribution < -0.4 is 0 Å². The summed E-state index contributed by atoms with van der Waals surface area (Å²) in [7, 11) is 0. The average molecular weight is 267 g/mol. The first-order valence-corrected chi connectivity index (χ1v) is 5.28. The number of hydrogen-bond donors (Lipinski definition) is 0. The summed E-state index contributed by atoms with van der Waals surface area (Å²) in [5, 5.41) is 1.25. The Hall–Kier alpha value is -1.22. The Morgan fingerprint density at radius 2 is 1.87 bits per heavy atom. The van der Waals surface area contributed by atoms with E-state index in [0.717, 1.165) is 5.39 Å². The normalized spacial score (nSPS) is 10.6. The first-order valence-electron chi connectivity index (χ1n) is 4.49. The quantitative estimate of drug-likeness (QED) is 0.715. The average Bonchev–Trinajstić information content (AvgIpc) is 2.23. The molecule has 0 saturated heterocycles. The lowest BCUT2D eigenvalue weighted by molar-refractivity contribution is 0.101. The van der Waals surface area contributed by atoms with Crippen LogP contribution in [0.4, 0.5) is 4.39 Å². The highest BCUT2D eigenvalue weighted by Gasteiger charge is 2.12. The maximum absolute atomic E-state index is 13.6. The zero-order valence-electron chi connectivity index (χ0n) is 8.05. The summed E-state index contributed by atoms with van der Waals surface area (Å²) in [6.07, 6.45) is 0. The molecule has 0 heterocycles. The molecule has 0 unspecified atom stereocenters. The van der Waals surface area contributed by atoms with Gasteiger partial charge in [0.2, 0.25) is 0 Å². The first kappa shape index (κ1) is 10.3. The van der Waals surface area contributed by atoms with Crippen molar-refractivity contribution in [2.24, 2.45) is 0 Å². The monoisotopic (exact) mass is 266 g/mol. The zero-order valence-corrected chi connectivity index (χ0v) is 9.64. The van der Waals surface area contributed by atoms with Gasteiger partial charge >= 0.3 is 0 Å². The third-order valence-electron chi connectivity index (χ3n) is 2.31. The van der Waals surface area contributed by atoms with Crippen molar-refractivity contribution in [3.63, 3.8) is 0 Å². The topological polar surface area (TPSA) is 17.1 Å². The highest BCUT2D eigenvalue weighted by Crippen LogP contribution is 2.30. The van der Waals surface area contributed by atoms with E-state index in [4.69, 9.17) is 0 Å². The Bertz CT molecular complexity index is 549. The molecule has 0 amide bonds. The molecule has 0 bridgehead atoms. The Labute approximate surface area is 95.0 Å². The second-order valence-electron chi connectivity index (χ2n) is 3.32. The lowest BCUT2D eigenvalue weighted by Crippen LogP contribution is -1.96. The van der Waals surface area contributed by atoms with Gasteiger partial charge in [0.25, 0.3) is 0 Å². The second-order valence-corrected chi connectivity index (χ2v) is 4.11. The fraction of sp³-hybridized carbons (Fsp3) is 0.0833. The van der Waals surface area contributed by atoms with Crippen LogP contribution in [0.5, 0.6) is 0 Å². The van der Waals surface area contributed by atoms with Crippen LogP contribution >= 0.6 is 15.9 Å². The van der Waals surface area contributed by atoms with E-state index >= 15 is 0 Å². The predicted molar refractivity (Wildman–Crippen MR) is 61.6 cm³/mol. The molecule has 2 aromatic rings. The van der Waals surface area contributed by atoms with Gasteiger partial charge in [-0.15, -0.1) is 0 Å². The Morgan fingerprint density at radius 3 is 2.47 bits per heavy atom. The van der Waals surface area contributed by atoms with Crippen LogP contribution in [0.15, 0.2) is 34.8 Å². The number of benzene rings is 2. The van der Waals surface area contributed by atoms with Crippen molar-refractivity contribution >= 4 is 32.5 Å². The van der Waals surface area contributed by atoms with E-state index in [1.54, 1.807) is 18.2 Å². The van der Waals surface area contributed by atoms with Crippen molar-refractivity contribution in [1.82, 2.24) is 0 Å².